The zero-order valence-corrected chi connectivity index (χ0v) is 13.0. The van der Waals surface area contributed by atoms with Gasteiger partial charge < -0.3 is 5.32 Å². The summed E-state index contributed by atoms with van der Waals surface area (Å²) in [6.07, 6.45) is 4.96. The predicted octanol–water partition coefficient (Wildman–Crippen LogP) is 0.0146. The van der Waals surface area contributed by atoms with Crippen molar-refractivity contribution in [2.45, 2.75) is 25.0 Å². The van der Waals surface area contributed by atoms with Gasteiger partial charge in [-0.1, -0.05) is 0 Å². The van der Waals surface area contributed by atoms with Gasteiger partial charge in [0.1, 0.15) is 0 Å². The first-order valence-electron chi connectivity index (χ1n) is 6.28. The van der Waals surface area contributed by atoms with E-state index < -0.39 is 20.8 Å². The Bertz CT molecular complexity index is 384. The Morgan fingerprint density at radius 3 is 2.72 bits per heavy atom. The summed E-state index contributed by atoms with van der Waals surface area (Å²) in [5, 5.41) is 3.43. The molecule has 3 unspecified atom stereocenters. The van der Waals surface area contributed by atoms with Crippen molar-refractivity contribution in [2.24, 2.45) is 5.92 Å². The van der Waals surface area contributed by atoms with Gasteiger partial charge in [-0.05, 0) is 32.2 Å². The predicted molar refractivity (Wildman–Crippen MR) is 75.5 cm³/mol. The van der Waals surface area contributed by atoms with Crippen LogP contribution in [-0.2, 0) is 20.8 Å². The van der Waals surface area contributed by atoms with E-state index in [2.05, 4.69) is 5.32 Å². The van der Waals surface area contributed by atoms with Gasteiger partial charge in [-0.2, -0.15) is 0 Å². The molecule has 0 saturated carbocycles. The lowest BCUT2D eigenvalue weighted by Gasteiger charge is -2.31. The van der Waals surface area contributed by atoms with Crippen molar-refractivity contribution in [3.05, 3.63) is 0 Å². The topological polar surface area (TPSA) is 66.5 Å². The fourth-order valence-corrected chi connectivity index (χ4v) is 3.40. The maximum atomic E-state index is 11.5. The van der Waals surface area contributed by atoms with Gasteiger partial charge in [0.15, 0.2) is 0 Å². The van der Waals surface area contributed by atoms with Crippen LogP contribution < -0.4 is 5.32 Å². The van der Waals surface area contributed by atoms with Gasteiger partial charge in [-0.25, -0.2) is 12.7 Å². The molecule has 1 fully saturated rings. The zero-order valence-electron chi connectivity index (χ0n) is 11.4. The SMILES string of the molecule is CC(CNCC1CCCN(S(C)(=O)=O)C1)S(C)=O. The lowest BCUT2D eigenvalue weighted by atomic mass is 10.00. The van der Waals surface area contributed by atoms with Crippen LogP contribution in [-0.4, -0.2) is 60.9 Å². The summed E-state index contributed by atoms with van der Waals surface area (Å²) in [4.78, 5) is 0. The molecule has 0 aliphatic carbocycles. The smallest absolute Gasteiger partial charge is 0.211 e. The fourth-order valence-electron chi connectivity index (χ4n) is 2.10. The van der Waals surface area contributed by atoms with Crippen molar-refractivity contribution >= 4 is 20.8 Å². The van der Waals surface area contributed by atoms with Crippen molar-refractivity contribution in [3.63, 3.8) is 0 Å². The number of rotatable bonds is 6. The van der Waals surface area contributed by atoms with Crippen molar-refractivity contribution < 1.29 is 12.6 Å². The Morgan fingerprint density at radius 1 is 1.50 bits per heavy atom. The summed E-state index contributed by atoms with van der Waals surface area (Å²) < 4.78 is 35.7. The second-order valence-corrected chi connectivity index (χ2v) is 8.88. The van der Waals surface area contributed by atoms with Crippen molar-refractivity contribution in [1.82, 2.24) is 9.62 Å². The number of piperidine rings is 1. The third-order valence-electron chi connectivity index (χ3n) is 3.38. The average Bonchev–Trinajstić information content (AvgIpc) is 2.28. The average molecular weight is 296 g/mol. The Hall–Kier alpha value is 0.0200. The highest BCUT2D eigenvalue weighted by Gasteiger charge is 2.25. The third-order valence-corrected chi connectivity index (χ3v) is 5.95. The van der Waals surface area contributed by atoms with Crippen LogP contribution >= 0.6 is 0 Å². The van der Waals surface area contributed by atoms with E-state index >= 15 is 0 Å². The molecule has 5 nitrogen and oxygen atoms in total. The van der Waals surface area contributed by atoms with E-state index in [4.69, 9.17) is 0 Å². The number of hydrogen-bond donors (Lipinski definition) is 1. The molecule has 0 bridgehead atoms. The second-order valence-electron chi connectivity index (χ2n) is 5.10. The number of hydrogen-bond acceptors (Lipinski definition) is 4. The van der Waals surface area contributed by atoms with Gasteiger partial charge in [-0.3, -0.25) is 4.21 Å². The standard InChI is InChI=1S/C11H24N2O3S2/c1-10(17(2)14)7-12-8-11-5-4-6-13(9-11)18(3,15)16/h10-12H,4-9H2,1-3H3. The van der Waals surface area contributed by atoms with Crippen molar-refractivity contribution in [3.8, 4) is 0 Å². The van der Waals surface area contributed by atoms with Crippen LogP contribution in [0.4, 0.5) is 0 Å². The van der Waals surface area contributed by atoms with E-state index in [-0.39, 0.29) is 5.25 Å². The third kappa shape index (κ3) is 5.34. The Labute approximate surface area is 113 Å². The molecule has 1 saturated heterocycles. The summed E-state index contributed by atoms with van der Waals surface area (Å²) in [5.74, 6) is 0.367. The Kier molecular flexibility index (Phi) is 6.23. The van der Waals surface area contributed by atoms with Crippen LogP contribution in [0, 0.1) is 5.92 Å². The maximum absolute atomic E-state index is 11.5. The molecule has 0 aromatic heterocycles. The van der Waals surface area contributed by atoms with E-state index in [1.165, 1.54) is 6.26 Å². The monoisotopic (exact) mass is 296 g/mol. The van der Waals surface area contributed by atoms with Gasteiger partial charge >= 0.3 is 0 Å². The molecule has 3 atom stereocenters. The molecule has 0 aromatic carbocycles. The highest BCUT2D eigenvalue weighted by Crippen LogP contribution is 2.17. The van der Waals surface area contributed by atoms with E-state index in [9.17, 15) is 12.6 Å². The first-order chi connectivity index (χ1) is 8.30. The summed E-state index contributed by atoms with van der Waals surface area (Å²) in [6.45, 7) is 4.72. The van der Waals surface area contributed by atoms with Gasteiger partial charge in [0.25, 0.3) is 0 Å². The molecular weight excluding hydrogens is 272 g/mol. The van der Waals surface area contributed by atoms with Crippen LogP contribution in [0.2, 0.25) is 0 Å². The van der Waals surface area contributed by atoms with Crippen molar-refractivity contribution in [2.75, 3.05) is 38.7 Å². The maximum Gasteiger partial charge on any atom is 0.211 e. The van der Waals surface area contributed by atoms with E-state index in [0.29, 0.717) is 19.0 Å². The minimum absolute atomic E-state index is 0.139. The first kappa shape index (κ1) is 16.1. The van der Waals surface area contributed by atoms with Crippen LogP contribution in [0.15, 0.2) is 0 Å². The number of sulfonamides is 1. The van der Waals surface area contributed by atoms with Crippen LogP contribution in [0.5, 0.6) is 0 Å². The fraction of sp³-hybridized carbons (Fsp3) is 1.00. The van der Waals surface area contributed by atoms with Crippen molar-refractivity contribution in [1.29, 1.82) is 0 Å². The molecule has 108 valence electrons. The summed E-state index contributed by atoms with van der Waals surface area (Å²) in [6, 6.07) is 0. The highest BCUT2D eigenvalue weighted by atomic mass is 32.2. The van der Waals surface area contributed by atoms with Gasteiger partial charge in [0.05, 0.1) is 6.26 Å². The molecule has 1 heterocycles. The zero-order chi connectivity index (χ0) is 13.8. The highest BCUT2D eigenvalue weighted by molar-refractivity contribution is 7.88. The molecule has 1 rings (SSSR count). The Balaban J connectivity index is 2.33. The molecule has 7 heteroatoms. The molecule has 0 amide bonds. The molecule has 1 N–H and O–H groups in total. The summed E-state index contributed by atoms with van der Waals surface area (Å²) in [5.41, 5.74) is 0. The molecule has 0 aromatic rings. The van der Waals surface area contributed by atoms with Gasteiger partial charge in [0.2, 0.25) is 10.0 Å². The van der Waals surface area contributed by atoms with E-state index in [0.717, 1.165) is 25.9 Å². The van der Waals surface area contributed by atoms with Gasteiger partial charge in [0, 0.05) is 41.9 Å². The first-order valence-corrected chi connectivity index (χ1v) is 9.75. The lowest BCUT2D eigenvalue weighted by Crippen LogP contribution is -2.43. The van der Waals surface area contributed by atoms with Crippen LogP contribution in [0.25, 0.3) is 0 Å². The largest absolute Gasteiger partial charge is 0.315 e. The quantitative estimate of drug-likeness (QED) is 0.750. The summed E-state index contributed by atoms with van der Waals surface area (Å²) >= 11 is 0. The van der Waals surface area contributed by atoms with Crippen LogP contribution in [0.3, 0.4) is 0 Å². The summed E-state index contributed by atoms with van der Waals surface area (Å²) in [7, 11) is -3.86. The van der Waals surface area contributed by atoms with E-state index in [1.807, 2.05) is 6.92 Å². The lowest BCUT2D eigenvalue weighted by molar-refractivity contribution is 0.262. The molecule has 1 aliphatic rings. The minimum Gasteiger partial charge on any atom is -0.315 e. The van der Waals surface area contributed by atoms with Gasteiger partial charge in [-0.15, -0.1) is 0 Å². The second kappa shape index (κ2) is 6.98. The Morgan fingerprint density at radius 2 is 2.17 bits per heavy atom. The number of nitrogens with one attached hydrogen (secondary N) is 1. The number of nitrogens with zero attached hydrogens (tertiary/aromatic N) is 1. The molecule has 1 aliphatic heterocycles. The normalized spacial score (nSPS) is 25.8. The molecule has 18 heavy (non-hydrogen) atoms. The van der Waals surface area contributed by atoms with Crippen LogP contribution in [0.1, 0.15) is 19.8 Å². The minimum atomic E-state index is -3.06. The molecular formula is C11H24N2O3S2. The van der Waals surface area contributed by atoms with E-state index in [1.54, 1.807) is 10.6 Å². The molecule has 0 radical (unpaired) electrons. The molecule has 0 spiro atoms.